The standard InChI is InChI=1S/C20H12O4/c21-17-11-7-3-1-5-9(11)13-15(19(17)23)14-10-6-2-4-8-12(10)18(22)20(24)16(13)14/h1-8,13-16H. The molecular weight excluding hydrogens is 304 g/mol. The summed E-state index contributed by atoms with van der Waals surface area (Å²) in [6, 6.07) is 13.9. The molecule has 0 unspecified atom stereocenters. The van der Waals surface area contributed by atoms with Crippen LogP contribution in [0.15, 0.2) is 48.5 Å². The summed E-state index contributed by atoms with van der Waals surface area (Å²) < 4.78 is 0. The van der Waals surface area contributed by atoms with Crippen LogP contribution >= 0.6 is 0 Å². The maximum atomic E-state index is 12.7. The Morgan fingerprint density at radius 3 is 1.29 bits per heavy atom. The minimum Gasteiger partial charge on any atom is -0.290 e. The third kappa shape index (κ3) is 1.39. The molecule has 0 spiro atoms. The van der Waals surface area contributed by atoms with Crippen LogP contribution < -0.4 is 0 Å². The summed E-state index contributed by atoms with van der Waals surface area (Å²) in [4.78, 5) is 50.2. The van der Waals surface area contributed by atoms with Crippen LogP contribution in [0, 0.1) is 11.8 Å². The van der Waals surface area contributed by atoms with Gasteiger partial charge in [0.2, 0.25) is 23.1 Å². The highest BCUT2D eigenvalue weighted by molar-refractivity contribution is 6.49. The van der Waals surface area contributed by atoms with E-state index in [1.54, 1.807) is 48.5 Å². The van der Waals surface area contributed by atoms with E-state index in [0.29, 0.717) is 11.1 Å². The van der Waals surface area contributed by atoms with Crippen molar-refractivity contribution in [2.75, 3.05) is 0 Å². The van der Waals surface area contributed by atoms with Gasteiger partial charge in [-0.2, -0.15) is 0 Å². The number of hydrogen-bond acceptors (Lipinski definition) is 4. The predicted molar refractivity (Wildman–Crippen MR) is 84.0 cm³/mol. The number of benzene rings is 2. The van der Waals surface area contributed by atoms with Crippen molar-refractivity contribution in [2.24, 2.45) is 11.8 Å². The molecule has 2 aromatic rings. The Morgan fingerprint density at radius 2 is 0.875 bits per heavy atom. The van der Waals surface area contributed by atoms with Gasteiger partial charge in [-0.05, 0) is 11.1 Å². The normalized spacial score (nSPS) is 30.0. The molecule has 5 rings (SSSR count). The number of hydrogen-bond donors (Lipinski definition) is 0. The van der Waals surface area contributed by atoms with E-state index in [9.17, 15) is 19.2 Å². The van der Waals surface area contributed by atoms with E-state index in [1.807, 2.05) is 0 Å². The van der Waals surface area contributed by atoms with Crippen molar-refractivity contribution in [3.05, 3.63) is 70.8 Å². The van der Waals surface area contributed by atoms with Crippen LogP contribution in [0.25, 0.3) is 0 Å². The van der Waals surface area contributed by atoms with Gasteiger partial charge in [-0.3, -0.25) is 19.2 Å². The second kappa shape index (κ2) is 4.35. The number of ketones is 4. The zero-order valence-corrected chi connectivity index (χ0v) is 12.6. The number of carbonyl (C=O) groups excluding carboxylic acids is 4. The van der Waals surface area contributed by atoms with Gasteiger partial charge in [0.1, 0.15) is 0 Å². The SMILES string of the molecule is O=C1C(=O)C2C(c3ccccc31)C1C(=O)C(=O)c3ccccc3C21. The molecule has 0 heterocycles. The van der Waals surface area contributed by atoms with E-state index in [-0.39, 0.29) is 11.8 Å². The summed E-state index contributed by atoms with van der Waals surface area (Å²) in [5.74, 6) is -3.61. The summed E-state index contributed by atoms with van der Waals surface area (Å²) in [6.45, 7) is 0. The first-order chi connectivity index (χ1) is 11.6. The van der Waals surface area contributed by atoms with Crippen molar-refractivity contribution in [3.63, 3.8) is 0 Å². The summed E-state index contributed by atoms with van der Waals surface area (Å²) in [5, 5.41) is 0. The molecule has 2 aromatic carbocycles. The van der Waals surface area contributed by atoms with E-state index < -0.39 is 35.0 Å². The van der Waals surface area contributed by atoms with Crippen LogP contribution in [-0.4, -0.2) is 23.1 Å². The van der Waals surface area contributed by atoms with Crippen molar-refractivity contribution in [2.45, 2.75) is 11.8 Å². The van der Waals surface area contributed by atoms with Gasteiger partial charge >= 0.3 is 0 Å². The third-order valence-electron chi connectivity index (χ3n) is 5.73. The third-order valence-corrected chi connectivity index (χ3v) is 5.73. The zero-order valence-electron chi connectivity index (χ0n) is 12.6. The summed E-state index contributed by atoms with van der Waals surface area (Å²) >= 11 is 0. The average Bonchev–Trinajstić information content (AvgIpc) is 2.58. The van der Waals surface area contributed by atoms with Crippen molar-refractivity contribution in [3.8, 4) is 0 Å². The second-order valence-electron chi connectivity index (χ2n) is 6.66. The lowest BCUT2D eigenvalue weighted by Gasteiger charge is -2.54. The molecule has 3 aliphatic rings. The lowest BCUT2D eigenvalue weighted by molar-refractivity contribution is -0.134. The van der Waals surface area contributed by atoms with Gasteiger partial charge in [0.15, 0.2) is 0 Å². The Hall–Kier alpha value is -2.88. The maximum absolute atomic E-state index is 12.7. The molecule has 4 nitrogen and oxygen atoms in total. The molecule has 0 amide bonds. The Morgan fingerprint density at radius 1 is 0.500 bits per heavy atom. The molecule has 0 atom stereocenters. The smallest absolute Gasteiger partial charge is 0.229 e. The zero-order chi connectivity index (χ0) is 16.6. The highest BCUT2D eigenvalue weighted by atomic mass is 16.2. The van der Waals surface area contributed by atoms with Crippen LogP contribution in [0.3, 0.4) is 0 Å². The molecule has 0 bridgehead atoms. The van der Waals surface area contributed by atoms with Crippen LogP contribution in [0.4, 0.5) is 0 Å². The molecule has 24 heavy (non-hydrogen) atoms. The van der Waals surface area contributed by atoms with E-state index in [0.717, 1.165) is 11.1 Å². The van der Waals surface area contributed by atoms with Crippen molar-refractivity contribution in [1.29, 1.82) is 0 Å². The molecule has 4 heteroatoms. The minimum absolute atomic E-state index is 0.360. The average molecular weight is 316 g/mol. The minimum atomic E-state index is -0.532. The summed E-state index contributed by atoms with van der Waals surface area (Å²) in [5.41, 5.74) is 2.21. The van der Waals surface area contributed by atoms with Crippen LogP contribution in [0.1, 0.15) is 43.7 Å². The largest absolute Gasteiger partial charge is 0.290 e. The highest BCUT2D eigenvalue weighted by Gasteiger charge is 2.64. The Labute approximate surface area is 137 Å². The molecule has 0 radical (unpaired) electrons. The van der Waals surface area contributed by atoms with Gasteiger partial charge in [-0.25, -0.2) is 0 Å². The Balaban J connectivity index is 1.75. The molecule has 3 aliphatic carbocycles. The van der Waals surface area contributed by atoms with Gasteiger partial charge < -0.3 is 0 Å². The summed E-state index contributed by atoms with van der Waals surface area (Å²) in [6.07, 6.45) is 0. The maximum Gasteiger partial charge on any atom is 0.229 e. The highest BCUT2D eigenvalue weighted by Crippen LogP contribution is 2.62. The molecule has 0 aliphatic heterocycles. The van der Waals surface area contributed by atoms with Crippen LogP contribution in [-0.2, 0) is 9.59 Å². The van der Waals surface area contributed by atoms with E-state index >= 15 is 0 Å². The topological polar surface area (TPSA) is 68.3 Å². The number of rotatable bonds is 0. The van der Waals surface area contributed by atoms with Crippen molar-refractivity contribution >= 4 is 23.1 Å². The molecule has 0 N–H and O–H groups in total. The number of fused-ring (bicyclic) bond motifs is 8. The number of carbonyl (C=O) groups is 4. The quantitative estimate of drug-likeness (QED) is 0.700. The lowest BCUT2D eigenvalue weighted by Crippen LogP contribution is -2.58. The van der Waals surface area contributed by atoms with Gasteiger partial charge in [-0.1, -0.05) is 48.5 Å². The first-order valence-corrected chi connectivity index (χ1v) is 7.96. The van der Waals surface area contributed by atoms with Crippen molar-refractivity contribution < 1.29 is 19.2 Å². The first kappa shape index (κ1) is 13.5. The van der Waals surface area contributed by atoms with Gasteiger partial charge in [0.05, 0.1) is 0 Å². The van der Waals surface area contributed by atoms with Gasteiger partial charge in [0, 0.05) is 34.8 Å². The Bertz CT molecular complexity index is 884. The second-order valence-corrected chi connectivity index (χ2v) is 6.66. The van der Waals surface area contributed by atoms with Crippen molar-refractivity contribution in [1.82, 2.24) is 0 Å². The number of Topliss-reactive ketones (excluding diaryl/α,β-unsaturated/α-hetero) is 4. The molecule has 0 saturated heterocycles. The molecule has 116 valence electrons. The predicted octanol–water partition coefficient (Wildman–Crippen LogP) is 2.33. The van der Waals surface area contributed by atoms with Crippen LogP contribution in [0.5, 0.6) is 0 Å². The fourth-order valence-electron chi connectivity index (χ4n) is 4.73. The fourth-order valence-corrected chi connectivity index (χ4v) is 4.73. The van der Waals surface area contributed by atoms with E-state index in [4.69, 9.17) is 0 Å². The van der Waals surface area contributed by atoms with Gasteiger partial charge in [-0.15, -0.1) is 0 Å². The van der Waals surface area contributed by atoms with Crippen LogP contribution in [0.2, 0.25) is 0 Å². The molecule has 0 aromatic heterocycles. The van der Waals surface area contributed by atoms with E-state index in [1.165, 1.54) is 0 Å². The Kier molecular flexibility index (Phi) is 2.46. The lowest BCUT2D eigenvalue weighted by atomic mass is 9.45. The molecular formula is C20H12O4. The molecule has 1 saturated carbocycles. The van der Waals surface area contributed by atoms with Gasteiger partial charge in [0.25, 0.3) is 0 Å². The molecule has 1 fully saturated rings. The fraction of sp³-hybridized carbons (Fsp3) is 0.200. The first-order valence-electron chi connectivity index (χ1n) is 7.96. The summed E-state index contributed by atoms with van der Waals surface area (Å²) in [7, 11) is 0. The van der Waals surface area contributed by atoms with E-state index in [2.05, 4.69) is 0 Å². The monoisotopic (exact) mass is 316 g/mol.